The van der Waals surface area contributed by atoms with Gasteiger partial charge in [0, 0.05) is 55.4 Å². The van der Waals surface area contributed by atoms with Crippen LogP contribution in [-0.2, 0) is 18.3 Å². The summed E-state index contributed by atoms with van der Waals surface area (Å²) in [6.07, 6.45) is 10.5. The second kappa shape index (κ2) is 12.9. The number of aryl methyl sites for hydroxylation is 1. The average Bonchev–Trinajstić information content (AvgIpc) is 3.36. The van der Waals surface area contributed by atoms with Crippen LogP contribution in [0.4, 0.5) is 0 Å². The van der Waals surface area contributed by atoms with E-state index in [1.54, 1.807) is 12.4 Å². The van der Waals surface area contributed by atoms with Gasteiger partial charge in [-0.3, -0.25) is 14.6 Å². The maximum absolute atomic E-state index is 13.7. The lowest BCUT2D eigenvalue weighted by molar-refractivity contribution is -0.131. The highest BCUT2D eigenvalue weighted by atomic mass is 16.5. The molecule has 3 aliphatic heterocycles. The molecule has 0 atom stereocenters. The van der Waals surface area contributed by atoms with E-state index in [1.165, 1.54) is 0 Å². The molecule has 2 aromatic heterocycles. The number of nitrogens with zero attached hydrogens (tertiary/aromatic N) is 4. The Morgan fingerprint density at radius 1 is 0.953 bits per heavy atom. The first-order valence-electron chi connectivity index (χ1n) is 15.4. The Hall–Kier alpha value is -4.33. The van der Waals surface area contributed by atoms with Gasteiger partial charge in [-0.15, -0.1) is 0 Å². The molecule has 2 aromatic carbocycles. The van der Waals surface area contributed by atoms with Gasteiger partial charge in [0.2, 0.25) is 5.91 Å². The molecule has 5 heterocycles. The van der Waals surface area contributed by atoms with Crippen LogP contribution in [0.1, 0.15) is 48.0 Å². The Balaban J connectivity index is 1.22. The van der Waals surface area contributed by atoms with Gasteiger partial charge in [-0.05, 0) is 61.6 Å². The topological polar surface area (TPSA) is 76.9 Å². The van der Waals surface area contributed by atoms with Crippen molar-refractivity contribution in [3.05, 3.63) is 90.4 Å². The van der Waals surface area contributed by atoms with E-state index in [9.17, 15) is 9.59 Å². The number of amides is 2. The van der Waals surface area contributed by atoms with Crippen LogP contribution >= 0.6 is 0 Å². The molecular weight excluding hydrogens is 540 g/mol. The number of hydrogen-bond donors (Lipinski definition) is 0. The van der Waals surface area contributed by atoms with Crippen LogP contribution in [0.2, 0.25) is 0 Å². The van der Waals surface area contributed by atoms with Crippen molar-refractivity contribution in [3.8, 4) is 11.5 Å². The van der Waals surface area contributed by atoms with Crippen molar-refractivity contribution in [3.63, 3.8) is 0 Å². The van der Waals surface area contributed by atoms with Crippen molar-refractivity contribution in [1.29, 1.82) is 0 Å². The molecule has 1 fully saturated rings. The molecule has 1 saturated heterocycles. The zero-order valence-corrected chi connectivity index (χ0v) is 24.9. The smallest absolute Gasteiger partial charge is 0.257 e. The first kappa shape index (κ1) is 28.8. The lowest BCUT2D eigenvalue weighted by atomic mass is 9.75. The SMILES string of the molecule is Cn1cc(CC(=O)N2CCCCC3(COc4cccnc4)CCN(CC3)C(=O)c3ccccc3OCC2)c2ccccc21. The van der Waals surface area contributed by atoms with Crippen molar-refractivity contribution in [1.82, 2.24) is 19.4 Å². The van der Waals surface area contributed by atoms with E-state index in [1.807, 2.05) is 65.4 Å². The molecular formula is C35H40N4O4. The van der Waals surface area contributed by atoms with Gasteiger partial charge in [-0.1, -0.05) is 36.8 Å². The highest BCUT2D eigenvalue weighted by molar-refractivity contribution is 5.97. The third kappa shape index (κ3) is 6.53. The van der Waals surface area contributed by atoms with E-state index in [0.717, 1.165) is 54.3 Å². The number of carbonyl (C=O) groups excluding carboxylic acids is 2. The van der Waals surface area contributed by atoms with Gasteiger partial charge in [-0.2, -0.15) is 0 Å². The Morgan fingerprint density at radius 3 is 2.60 bits per heavy atom. The van der Waals surface area contributed by atoms with E-state index in [-0.39, 0.29) is 17.2 Å². The number of benzene rings is 2. The Bertz CT molecular complexity index is 1560. The number of rotatable bonds is 5. The van der Waals surface area contributed by atoms with Gasteiger partial charge in [0.1, 0.15) is 18.1 Å². The van der Waals surface area contributed by atoms with Gasteiger partial charge in [0.05, 0.1) is 31.3 Å². The molecule has 224 valence electrons. The molecule has 4 aromatic rings. The summed E-state index contributed by atoms with van der Waals surface area (Å²) in [6, 6.07) is 19.5. The predicted molar refractivity (Wildman–Crippen MR) is 166 cm³/mol. The summed E-state index contributed by atoms with van der Waals surface area (Å²) in [5.41, 5.74) is 2.69. The summed E-state index contributed by atoms with van der Waals surface area (Å²) in [7, 11) is 2.02. The first-order valence-corrected chi connectivity index (χ1v) is 15.4. The fourth-order valence-electron chi connectivity index (χ4n) is 6.53. The zero-order chi connectivity index (χ0) is 29.6. The number of aromatic nitrogens is 2. The second-order valence-corrected chi connectivity index (χ2v) is 11.9. The van der Waals surface area contributed by atoms with E-state index >= 15 is 0 Å². The van der Waals surface area contributed by atoms with Crippen molar-refractivity contribution in [2.45, 2.75) is 38.5 Å². The highest BCUT2D eigenvalue weighted by Crippen LogP contribution is 2.38. The Labute approximate surface area is 253 Å². The van der Waals surface area contributed by atoms with Crippen LogP contribution in [0.15, 0.2) is 79.3 Å². The molecule has 0 unspecified atom stereocenters. The number of piperidine rings is 1. The third-order valence-corrected chi connectivity index (χ3v) is 9.09. The number of carbonyl (C=O) groups is 2. The van der Waals surface area contributed by atoms with Crippen LogP contribution < -0.4 is 9.47 Å². The average molecular weight is 581 g/mol. The van der Waals surface area contributed by atoms with Gasteiger partial charge < -0.3 is 23.8 Å². The maximum Gasteiger partial charge on any atom is 0.257 e. The fraction of sp³-hybridized carbons (Fsp3) is 0.400. The molecule has 43 heavy (non-hydrogen) atoms. The number of para-hydroxylation sites is 2. The monoisotopic (exact) mass is 580 g/mol. The minimum atomic E-state index is -0.0411. The molecule has 0 saturated carbocycles. The predicted octanol–water partition coefficient (Wildman–Crippen LogP) is 5.51. The quantitative estimate of drug-likeness (QED) is 0.311. The molecule has 0 radical (unpaired) electrons. The van der Waals surface area contributed by atoms with Gasteiger partial charge >= 0.3 is 0 Å². The van der Waals surface area contributed by atoms with E-state index in [2.05, 4.69) is 27.9 Å². The second-order valence-electron chi connectivity index (χ2n) is 11.9. The van der Waals surface area contributed by atoms with Crippen molar-refractivity contribution >= 4 is 22.7 Å². The Kier molecular flexibility index (Phi) is 8.63. The minimum absolute atomic E-state index is 0.00358. The molecule has 8 heteroatoms. The lowest BCUT2D eigenvalue weighted by Crippen LogP contribution is -2.45. The van der Waals surface area contributed by atoms with Crippen LogP contribution in [0.3, 0.4) is 0 Å². The fourth-order valence-corrected chi connectivity index (χ4v) is 6.53. The zero-order valence-electron chi connectivity index (χ0n) is 24.9. The summed E-state index contributed by atoms with van der Waals surface area (Å²) < 4.78 is 14.5. The van der Waals surface area contributed by atoms with E-state index < -0.39 is 0 Å². The highest BCUT2D eigenvalue weighted by Gasteiger charge is 2.37. The summed E-state index contributed by atoms with van der Waals surface area (Å²) in [5, 5.41) is 1.11. The summed E-state index contributed by atoms with van der Waals surface area (Å²) in [4.78, 5) is 35.5. The van der Waals surface area contributed by atoms with E-state index in [4.69, 9.17) is 9.47 Å². The summed E-state index contributed by atoms with van der Waals surface area (Å²) in [6.45, 7) is 3.40. The molecule has 0 N–H and O–H groups in total. The molecule has 7 rings (SSSR count). The van der Waals surface area contributed by atoms with Crippen LogP contribution in [0.25, 0.3) is 10.9 Å². The molecule has 8 nitrogen and oxygen atoms in total. The number of fused-ring (bicyclic) bond motifs is 10. The molecule has 0 aliphatic carbocycles. The minimum Gasteiger partial charge on any atom is -0.491 e. The van der Waals surface area contributed by atoms with Gasteiger partial charge in [0.15, 0.2) is 0 Å². The molecule has 0 spiro atoms. The number of ether oxygens (including phenoxy) is 2. The lowest BCUT2D eigenvalue weighted by Gasteiger charge is -2.42. The number of hydrogen-bond acceptors (Lipinski definition) is 5. The van der Waals surface area contributed by atoms with Gasteiger partial charge in [0.25, 0.3) is 5.91 Å². The van der Waals surface area contributed by atoms with E-state index in [0.29, 0.717) is 57.1 Å². The van der Waals surface area contributed by atoms with Gasteiger partial charge in [-0.25, -0.2) is 0 Å². The van der Waals surface area contributed by atoms with Crippen LogP contribution in [0.5, 0.6) is 11.5 Å². The van der Waals surface area contributed by atoms with Crippen molar-refractivity contribution in [2.75, 3.05) is 39.4 Å². The van der Waals surface area contributed by atoms with Crippen molar-refractivity contribution in [2.24, 2.45) is 12.5 Å². The third-order valence-electron chi connectivity index (χ3n) is 9.09. The summed E-state index contributed by atoms with van der Waals surface area (Å²) >= 11 is 0. The first-order chi connectivity index (χ1) is 21.0. The maximum atomic E-state index is 13.7. The van der Waals surface area contributed by atoms with Crippen LogP contribution in [0, 0.1) is 5.41 Å². The molecule has 3 aliphatic rings. The molecule has 2 bridgehead atoms. The number of pyridine rings is 1. The van der Waals surface area contributed by atoms with Crippen molar-refractivity contribution < 1.29 is 19.1 Å². The normalized spacial score (nSPS) is 17.6. The summed E-state index contributed by atoms with van der Waals surface area (Å²) in [5.74, 6) is 1.43. The molecule has 2 amide bonds. The largest absolute Gasteiger partial charge is 0.491 e. The standard InChI is InChI=1S/C35H40N4O4/c1-37-25-27(29-10-2-4-12-31(29)37)23-33(40)38-18-7-6-14-35(26-43-28-9-8-17-36-24-28)15-19-39(20-16-35)34(41)30-11-3-5-13-32(30)42-22-21-38/h2-5,8-13,17,24-25H,6-7,14-16,18-23,26H2,1H3. The van der Waals surface area contributed by atoms with Crippen LogP contribution in [-0.4, -0.2) is 70.6 Å². The Morgan fingerprint density at radius 2 is 1.77 bits per heavy atom.